The summed E-state index contributed by atoms with van der Waals surface area (Å²) >= 11 is 0. The summed E-state index contributed by atoms with van der Waals surface area (Å²) < 4.78 is 0. The van der Waals surface area contributed by atoms with Gasteiger partial charge in [-0.1, -0.05) is 0 Å². The van der Waals surface area contributed by atoms with Crippen molar-refractivity contribution in [2.24, 2.45) is 0 Å². The first kappa shape index (κ1) is 55.2. The van der Waals surface area contributed by atoms with Gasteiger partial charge in [0, 0.05) is 0 Å². The van der Waals surface area contributed by atoms with Crippen molar-refractivity contribution in [3.05, 3.63) is 0 Å². The molecule has 230 valence electrons. The molecule has 0 aliphatic rings. The number of aliphatic carboxylic acids is 8. The Kier molecular flexibility index (Phi) is 63.5. The van der Waals surface area contributed by atoms with Crippen LogP contribution in [0.5, 0.6) is 0 Å². The topological polar surface area (TPSA) is 387 Å². The molecule has 20 nitrogen and oxygen atoms in total. The Morgan fingerprint density at radius 3 is 0.447 bits per heavy atom. The summed E-state index contributed by atoms with van der Waals surface area (Å²) in [5.41, 5.74) is 0. The Bertz CT molecular complexity index is 520. The van der Waals surface area contributed by atoms with Crippen LogP contribution in [0.25, 0.3) is 0 Å². The maximum Gasteiger partial charge on any atom is 2.00 e. The molecule has 0 heterocycles. The Labute approximate surface area is 236 Å². The van der Waals surface area contributed by atoms with E-state index in [0.717, 1.165) is 0 Å². The van der Waals surface area contributed by atoms with E-state index in [4.69, 9.17) is 79.2 Å². The molecular formula is C16H28Cu2N4O16. The molecule has 2 radical (unpaired) electrons. The zero-order chi connectivity index (χ0) is 30.3. The van der Waals surface area contributed by atoms with Crippen molar-refractivity contribution < 1.29 is 135 Å². The molecular weight excluding hydrogens is 631 g/mol. The number of quaternary nitrogens is 4. The summed E-state index contributed by atoms with van der Waals surface area (Å²) in [6, 6.07) is 0. The van der Waals surface area contributed by atoms with E-state index in [2.05, 4.69) is 49.5 Å². The van der Waals surface area contributed by atoms with Crippen molar-refractivity contribution in [3.63, 3.8) is 0 Å². The van der Waals surface area contributed by atoms with Gasteiger partial charge in [-0.05, 0) is 0 Å². The molecule has 0 rings (SSSR count). The fourth-order valence-electron chi connectivity index (χ4n) is 0.667. The van der Waals surface area contributed by atoms with Crippen LogP contribution in [-0.2, 0) is 72.5 Å². The minimum atomic E-state index is -2.19. The third kappa shape index (κ3) is 94.0. The zero-order valence-electron chi connectivity index (χ0n) is 20.3. The third-order valence-corrected chi connectivity index (χ3v) is 2.15. The average Bonchev–Trinajstić information content (AvgIpc) is 2.78. The zero-order valence-corrected chi connectivity index (χ0v) is 22.2. The van der Waals surface area contributed by atoms with Gasteiger partial charge in [-0.3, -0.25) is 0 Å². The predicted molar refractivity (Wildman–Crippen MR) is 90.9 cm³/mol. The number of rotatable bonds is 6. The van der Waals surface area contributed by atoms with Crippen LogP contribution in [0.4, 0.5) is 0 Å². The third-order valence-electron chi connectivity index (χ3n) is 2.15. The van der Waals surface area contributed by atoms with Gasteiger partial charge in [0.25, 0.3) is 0 Å². The molecule has 8 N–H and O–H groups in total. The molecule has 0 aromatic heterocycles. The molecule has 0 amide bonds. The SMILES string of the molecule is C[NH2+]CC[NH2+]C.C[NH2+]CC[NH2+]C.O=C([O-])C(=O)[O-].O=C([O-])C(=O)[O-].O=C([O-])C(=O)[O-].O=C([O-])C(=O)[O-].[Cu+2].[Cu+2]. The van der Waals surface area contributed by atoms with Gasteiger partial charge in [0.15, 0.2) is 0 Å². The molecule has 0 atom stereocenters. The number of carbonyl (C=O) groups is 8. The first-order valence-corrected chi connectivity index (χ1v) is 9.21. The molecule has 0 aliphatic heterocycles. The van der Waals surface area contributed by atoms with Gasteiger partial charge in [0.1, 0.15) is 26.2 Å². The number of hydrogen-bond donors (Lipinski definition) is 4. The standard InChI is InChI=1S/2C4H12N2.4C2H2O4.2Cu/c2*1-5-3-4-6-2;4*3-1(4)2(5)6;;/h2*5-6H,3-4H2,1-2H3;4*(H,3,4)(H,5,6);;/q;;;;;;2*+2/p-4. The van der Waals surface area contributed by atoms with Crippen LogP contribution < -0.4 is 62.1 Å². The van der Waals surface area contributed by atoms with E-state index in [1.165, 1.54) is 26.2 Å². The maximum absolute atomic E-state index is 8.93. The Morgan fingerprint density at radius 1 is 0.342 bits per heavy atom. The summed E-state index contributed by atoms with van der Waals surface area (Å²) in [5, 5.41) is 80.1. The van der Waals surface area contributed by atoms with Crippen molar-refractivity contribution in [2.75, 3.05) is 54.4 Å². The molecule has 0 spiro atoms. The number of hydrogen-bond acceptors (Lipinski definition) is 16. The fraction of sp³-hybridized carbons (Fsp3) is 0.500. The first-order chi connectivity index (χ1) is 16.4. The molecule has 0 saturated heterocycles. The molecule has 0 aliphatic carbocycles. The largest absolute Gasteiger partial charge is 2.00 e. The van der Waals surface area contributed by atoms with Gasteiger partial charge >= 0.3 is 34.1 Å². The quantitative estimate of drug-likeness (QED) is 0.117. The smallest absolute Gasteiger partial charge is 0.543 e. The van der Waals surface area contributed by atoms with E-state index < -0.39 is 47.8 Å². The van der Waals surface area contributed by atoms with E-state index >= 15 is 0 Å². The second-order valence-corrected chi connectivity index (χ2v) is 5.09. The number of carboxylic acid groups (broad SMARTS) is 8. The second kappa shape index (κ2) is 43.7. The van der Waals surface area contributed by atoms with E-state index in [-0.39, 0.29) is 34.1 Å². The van der Waals surface area contributed by atoms with E-state index in [1.807, 2.05) is 0 Å². The van der Waals surface area contributed by atoms with Crippen LogP contribution in [0.15, 0.2) is 0 Å². The van der Waals surface area contributed by atoms with Crippen LogP contribution in [0.3, 0.4) is 0 Å². The van der Waals surface area contributed by atoms with Gasteiger partial charge in [-0.25, -0.2) is 0 Å². The van der Waals surface area contributed by atoms with Crippen molar-refractivity contribution in [2.45, 2.75) is 0 Å². The van der Waals surface area contributed by atoms with Crippen LogP contribution in [-0.4, -0.2) is 102 Å². The molecule has 0 bridgehead atoms. The van der Waals surface area contributed by atoms with Crippen molar-refractivity contribution in [1.82, 2.24) is 0 Å². The molecule has 0 saturated carbocycles. The van der Waals surface area contributed by atoms with Gasteiger partial charge in [0.05, 0.1) is 75.9 Å². The monoisotopic (exact) mass is 658 g/mol. The summed E-state index contributed by atoms with van der Waals surface area (Å²) in [6.45, 7) is 4.93. The van der Waals surface area contributed by atoms with Crippen molar-refractivity contribution in [3.8, 4) is 0 Å². The predicted octanol–water partition coefficient (Wildman–Crippen LogP) is -19.3. The van der Waals surface area contributed by atoms with Crippen LogP contribution >= 0.6 is 0 Å². The van der Waals surface area contributed by atoms with Gasteiger partial charge < -0.3 is 100 Å². The molecule has 0 aromatic carbocycles. The van der Waals surface area contributed by atoms with Gasteiger partial charge in [-0.15, -0.1) is 0 Å². The summed E-state index contributed by atoms with van der Waals surface area (Å²) in [5.74, 6) is -17.5. The van der Waals surface area contributed by atoms with E-state index in [1.54, 1.807) is 0 Å². The number of likely N-dealkylation sites (N-methyl/N-ethyl adjacent to an activating group) is 4. The van der Waals surface area contributed by atoms with E-state index in [9.17, 15) is 0 Å². The molecule has 0 fully saturated rings. The number of carboxylic acids is 8. The molecule has 0 aromatic rings. The minimum absolute atomic E-state index is 0. The Morgan fingerprint density at radius 2 is 0.421 bits per heavy atom. The molecule has 0 unspecified atom stereocenters. The fourth-order valence-corrected chi connectivity index (χ4v) is 0.667. The Balaban J connectivity index is -0.0000000469. The summed E-state index contributed by atoms with van der Waals surface area (Å²) in [7, 11) is 8.35. The normalized spacial score (nSPS) is 7.47. The van der Waals surface area contributed by atoms with Gasteiger partial charge in [-0.2, -0.15) is 0 Å². The maximum atomic E-state index is 8.93. The number of carbonyl (C=O) groups excluding carboxylic acids is 8. The van der Waals surface area contributed by atoms with Gasteiger partial charge in [0.2, 0.25) is 0 Å². The second-order valence-electron chi connectivity index (χ2n) is 5.09. The molecule has 22 heteroatoms. The van der Waals surface area contributed by atoms with Crippen LogP contribution in [0.2, 0.25) is 0 Å². The van der Waals surface area contributed by atoms with Crippen molar-refractivity contribution >= 4 is 47.8 Å². The van der Waals surface area contributed by atoms with Crippen LogP contribution in [0, 0.1) is 0 Å². The number of nitrogens with two attached hydrogens (primary N) is 4. The molecule has 38 heavy (non-hydrogen) atoms. The summed E-state index contributed by atoms with van der Waals surface area (Å²) in [4.78, 5) is 71.4. The average molecular weight is 660 g/mol. The van der Waals surface area contributed by atoms with E-state index in [0.29, 0.717) is 0 Å². The summed E-state index contributed by atoms with van der Waals surface area (Å²) in [6.07, 6.45) is 0. The first-order valence-electron chi connectivity index (χ1n) is 9.21. The van der Waals surface area contributed by atoms with Crippen molar-refractivity contribution in [1.29, 1.82) is 0 Å². The van der Waals surface area contributed by atoms with Crippen LogP contribution in [0.1, 0.15) is 0 Å². The Hall–Kier alpha value is -3.36. The minimum Gasteiger partial charge on any atom is -0.543 e.